The minimum atomic E-state index is -0.922. The quantitative estimate of drug-likeness (QED) is 0.112. The van der Waals surface area contributed by atoms with Crippen molar-refractivity contribution in [2.45, 2.75) is 117 Å². The number of hydrogen-bond donors (Lipinski definition) is 2. The molecule has 2 amide bonds. The summed E-state index contributed by atoms with van der Waals surface area (Å²) in [7, 11) is 5.15. The second-order valence-electron chi connectivity index (χ2n) is 15.7. The van der Waals surface area contributed by atoms with Gasteiger partial charge in [0.2, 0.25) is 5.91 Å². The number of benzene rings is 1. The maximum atomic E-state index is 14.7. The first kappa shape index (κ1) is 46.2. The molecule has 0 aliphatic carbocycles. The van der Waals surface area contributed by atoms with E-state index in [1.807, 2.05) is 43.1 Å². The van der Waals surface area contributed by atoms with Crippen molar-refractivity contribution in [3.05, 3.63) is 51.5 Å². The van der Waals surface area contributed by atoms with Crippen molar-refractivity contribution in [1.82, 2.24) is 20.1 Å². The molecule has 13 heteroatoms. The first-order valence-corrected chi connectivity index (χ1v) is 20.8. The van der Waals surface area contributed by atoms with Crippen molar-refractivity contribution < 1.29 is 38.5 Å². The number of likely N-dealkylation sites (N-methyl/N-ethyl adjacent to an activating group) is 1. The van der Waals surface area contributed by atoms with Crippen LogP contribution in [-0.2, 0) is 35.0 Å². The number of piperidine rings is 1. The van der Waals surface area contributed by atoms with Crippen molar-refractivity contribution in [2.24, 2.45) is 23.7 Å². The number of likely N-dealkylation sites (tertiary alicyclic amines) is 1. The number of Topliss-reactive ketones (excluding diaryl/α,β-unsaturated/α-hetero) is 1. The Labute approximate surface area is 332 Å². The number of aromatic nitrogens is 1. The second-order valence-corrected chi connectivity index (χ2v) is 16.6. The predicted octanol–water partition coefficient (Wildman–Crippen LogP) is 6.56. The number of aryl methyl sites for hydroxylation is 1. The van der Waals surface area contributed by atoms with Crippen LogP contribution in [0, 0.1) is 30.6 Å². The third kappa shape index (κ3) is 14.0. The van der Waals surface area contributed by atoms with Gasteiger partial charge in [0.1, 0.15) is 23.6 Å². The van der Waals surface area contributed by atoms with Crippen LogP contribution in [0.2, 0.25) is 0 Å². The van der Waals surface area contributed by atoms with Crippen molar-refractivity contribution in [1.29, 1.82) is 0 Å². The lowest BCUT2D eigenvalue weighted by Crippen LogP contribution is -2.50. The van der Waals surface area contributed by atoms with Gasteiger partial charge in [0.05, 0.1) is 18.6 Å². The van der Waals surface area contributed by atoms with Crippen LogP contribution >= 0.6 is 11.3 Å². The van der Waals surface area contributed by atoms with Crippen LogP contribution in [0.3, 0.4) is 0 Å². The monoisotopic (exact) mass is 786 g/mol. The van der Waals surface area contributed by atoms with Crippen LogP contribution in [0.5, 0.6) is 0 Å². The smallest absolute Gasteiger partial charge is 0.306 e. The molecule has 1 aliphatic rings. The number of carboxylic acid groups (broad SMARTS) is 1. The number of amides is 2. The zero-order valence-electron chi connectivity index (χ0n) is 34.5. The largest absolute Gasteiger partial charge is 0.481 e. The first-order chi connectivity index (χ1) is 26.2. The molecule has 1 aromatic carbocycles. The molecule has 3 unspecified atom stereocenters. The van der Waals surface area contributed by atoms with Crippen LogP contribution in [0.25, 0.3) is 0 Å². The minimum absolute atomic E-state index is 0.00269. The third-order valence-corrected chi connectivity index (χ3v) is 12.0. The van der Waals surface area contributed by atoms with Crippen LogP contribution in [0.1, 0.15) is 112 Å². The lowest BCUT2D eigenvalue weighted by molar-refractivity contribution is -0.146. The van der Waals surface area contributed by atoms with Gasteiger partial charge in [0.15, 0.2) is 5.78 Å². The van der Waals surface area contributed by atoms with E-state index in [0.29, 0.717) is 31.0 Å². The minimum Gasteiger partial charge on any atom is -0.481 e. The molecule has 1 aliphatic heterocycles. The van der Waals surface area contributed by atoms with Gasteiger partial charge in [-0.05, 0) is 63.6 Å². The maximum absolute atomic E-state index is 14.7. The van der Waals surface area contributed by atoms with E-state index in [1.54, 1.807) is 19.4 Å². The van der Waals surface area contributed by atoms with E-state index in [9.17, 15) is 24.3 Å². The SMILES string of the molecule is CCC(C)C(CC(=O)C1CCCCN1C)C(=O)N(CCOC)[C@H](C[C@@H](OCOC)c1nc(C(=O)N[C@@H](Cc2ccc(C)cc2)C[C@H](C)C(=O)O)cs1)C(C)C. The summed E-state index contributed by atoms with van der Waals surface area (Å²) in [5.74, 6) is -2.38. The van der Waals surface area contributed by atoms with E-state index in [4.69, 9.17) is 19.2 Å². The fourth-order valence-corrected chi connectivity index (χ4v) is 8.25. The summed E-state index contributed by atoms with van der Waals surface area (Å²) in [4.78, 5) is 62.6. The highest BCUT2D eigenvalue weighted by molar-refractivity contribution is 7.09. The summed E-state index contributed by atoms with van der Waals surface area (Å²) in [6.07, 6.45) is 4.37. The Morgan fingerprint density at radius 2 is 1.76 bits per heavy atom. The number of nitrogens with one attached hydrogen (secondary N) is 1. The average Bonchev–Trinajstić information content (AvgIpc) is 3.65. The van der Waals surface area contributed by atoms with E-state index in [-0.39, 0.29) is 60.9 Å². The highest BCUT2D eigenvalue weighted by Crippen LogP contribution is 2.33. The molecule has 0 bridgehead atoms. The van der Waals surface area contributed by atoms with Gasteiger partial charge >= 0.3 is 5.97 Å². The molecule has 3 rings (SSSR count). The number of ether oxygens (including phenoxy) is 3. The highest BCUT2D eigenvalue weighted by atomic mass is 32.1. The number of carbonyl (C=O) groups excluding carboxylic acids is 3. The van der Waals surface area contributed by atoms with E-state index in [2.05, 4.69) is 37.9 Å². The van der Waals surface area contributed by atoms with Crippen molar-refractivity contribution in [3.63, 3.8) is 0 Å². The van der Waals surface area contributed by atoms with Crippen LogP contribution in [0.4, 0.5) is 0 Å². The predicted molar refractivity (Wildman–Crippen MR) is 215 cm³/mol. The zero-order chi connectivity index (χ0) is 40.7. The summed E-state index contributed by atoms with van der Waals surface area (Å²) in [5, 5.41) is 14.9. The molecule has 2 heterocycles. The Morgan fingerprint density at radius 1 is 1.05 bits per heavy atom. The molecule has 55 heavy (non-hydrogen) atoms. The number of hydrogen-bond acceptors (Lipinski definition) is 10. The fraction of sp³-hybridized carbons (Fsp3) is 0.690. The molecule has 0 radical (unpaired) electrons. The Kier molecular flexibility index (Phi) is 19.4. The summed E-state index contributed by atoms with van der Waals surface area (Å²) in [6, 6.07) is 7.07. The number of aliphatic carboxylic acids is 1. The Hall–Kier alpha value is -3.23. The number of ketones is 1. The van der Waals surface area contributed by atoms with Crippen molar-refractivity contribution in [2.75, 3.05) is 47.8 Å². The summed E-state index contributed by atoms with van der Waals surface area (Å²) < 4.78 is 17.0. The van der Waals surface area contributed by atoms with Gasteiger partial charge in [-0.3, -0.25) is 24.1 Å². The van der Waals surface area contributed by atoms with Crippen molar-refractivity contribution >= 4 is 34.9 Å². The summed E-state index contributed by atoms with van der Waals surface area (Å²) in [6.45, 7) is 13.4. The first-order valence-electron chi connectivity index (χ1n) is 19.9. The lowest BCUT2D eigenvalue weighted by Gasteiger charge is -2.40. The zero-order valence-corrected chi connectivity index (χ0v) is 35.4. The number of nitrogens with zero attached hydrogens (tertiary/aromatic N) is 3. The van der Waals surface area contributed by atoms with E-state index in [0.717, 1.165) is 43.4 Å². The van der Waals surface area contributed by atoms with E-state index < -0.39 is 35.9 Å². The molecule has 2 N–H and O–H groups in total. The summed E-state index contributed by atoms with van der Waals surface area (Å²) >= 11 is 1.29. The van der Waals surface area contributed by atoms with E-state index in [1.165, 1.54) is 18.4 Å². The van der Waals surface area contributed by atoms with E-state index >= 15 is 0 Å². The fourth-order valence-electron chi connectivity index (χ4n) is 7.39. The molecule has 308 valence electrons. The number of thiazole rings is 1. The number of rotatable bonds is 24. The molecule has 1 aromatic heterocycles. The lowest BCUT2D eigenvalue weighted by atomic mass is 9.82. The standard InChI is InChI=1S/C42H66N4O8S/c1-10-29(5)33(23-37(47)35-13-11-12-18-45(35)7)41(49)46(19-20-52-8)36(27(2)3)24-38(54-26-53-9)40-44-34(25-55-40)39(48)43-32(21-30(6)42(50)51)22-31-16-14-28(4)15-17-31/h14-17,25,27,29-30,32-33,35-36,38H,10-13,18-24,26H2,1-9H3,(H,43,48)(H,50,51)/t29?,30-,32+,33?,35?,36+,38+/m0/s1. The third-order valence-electron chi connectivity index (χ3n) is 11.1. The van der Waals surface area contributed by atoms with Gasteiger partial charge in [-0.1, -0.05) is 77.3 Å². The molecule has 1 saturated heterocycles. The Balaban J connectivity index is 1.89. The number of carboxylic acids is 1. The van der Waals surface area contributed by atoms with Gasteiger partial charge in [-0.15, -0.1) is 11.3 Å². The maximum Gasteiger partial charge on any atom is 0.306 e. The van der Waals surface area contributed by atoms with Gasteiger partial charge in [0, 0.05) is 57.0 Å². The van der Waals surface area contributed by atoms with Crippen LogP contribution in [0.15, 0.2) is 29.6 Å². The van der Waals surface area contributed by atoms with Crippen LogP contribution in [-0.4, -0.2) is 109 Å². The number of methoxy groups -OCH3 is 2. The second kappa shape index (κ2) is 23.1. The summed E-state index contributed by atoms with van der Waals surface area (Å²) in [5.41, 5.74) is 2.32. The number of carbonyl (C=O) groups is 4. The molecule has 2 aromatic rings. The van der Waals surface area contributed by atoms with Gasteiger partial charge in [-0.2, -0.15) is 0 Å². The van der Waals surface area contributed by atoms with Gasteiger partial charge < -0.3 is 29.5 Å². The molecular weight excluding hydrogens is 721 g/mol. The van der Waals surface area contributed by atoms with Gasteiger partial charge in [-0.25, -0.2) is 4.98 Å². The molecule has 7 atom stereocenters. The Bertz CT molecular complexity index is 1500. The molecule has 0 spiro atoms. The molecule has 1 fully saturated rings. The molecular formula is C42H66N4O8S. The topological polar surface area (TPSA) is 148 Å². The molecule has 0 saturated carbocycles. The molecule has 12 nitrogen and oxygen atoms in total. The highest BCUT2D eigenvalue weighted by Gasteiger charge is 2.38. The van der Waals surface area contributed by atoms with Gasteiger partial charge in [0.25, 0.3) is 5.91 Å². The van der Waals surface area contributed by atoms with Crippen LogP contribution < -0.4 is 5.32 Å². The Morgan fingerprint density at radius 3 is 2.36 bits per heavy atom. The van der Waals surface area contributed by atoms with Crippen molar-refractivity contribution in [3.8, 4) is 0 Å². The average molecular weight is 787 g/mol. The normalized spacial score (nSPS) is 18.3.